The Morgan fingerprint density at radius 3 is 2.53 bits per heavy atom. The van der Waals surface area contributed by atoms with Gasteiger partial charge in [0.2, 0.25) is 0 Å². The second kappa shape index (κ2) is 9.39. The van der Waals surface area contributed by atoms with E-state index in [2.05, 4.69) is 10.2 Å². The lowest BCUT2D eigenvalue weighted by Gasteiger charge is -2.15. The van der Waals surface area contributed by atoms with Gasteiger partial charge in [0.1, 0.15) is 12.4 Å². The molecule has 0 fully saturated rings. The highest BCUT2D eigenvalue weighted by atomic mass is 19.1. The van der Waals surface area contributed by atoms with E-state index < -0.39 is 11.4 Å². The molecule has 0 bridgehead atoms. The van der Waals surface area contributed by atoms with Gasteiger partial charge in [0.25, 0.3) is 5.56 Å². The number of aromatic amines is 1. The molecule has 0 atom stereocenters. The highest BCUT2D eigenvalue weighted by Gasteiger charge is 2.19. The molecule has 160 valence electrons. The molecule has 1 aromatic heterocycles. The molecule has 0 aliphatic heterocycles. The lowest BCUT2D eigenvalue weighted by molar-refractivity contribution is 0.291. The van der Waals surface area contributed by atoms with Crippen molar-refractivity contribution in [3.8, 4) is 16.9 Å². The zero-order valence-electron chi connectivity index (χ0n) is 17.3. The molecule has 6 heteroatoms. The molecule has 1 heterocycles. The van der Waals surface area contributed by atoms with Gasteiger partial charge in [-0.1, -0.05) is 60.7 Å². The number of ether oxygens (including phenoxy) is 1. The van der Waals surface area contributed by atoms with Crippen molar-refractivity contribution in [3.63, 3.8) is 0 Å². The summed E-state index contributed by atoms with van der Waals surface area (Å²) < 4.78 is 34.2. The number of para-hydroxylation sites is 1. The predicted octanol–water partition coefficient (Wildman–Crippen LogP) is 5.77. The van der Waals surface area contributed by atoms with Crippen LogP contribution >= 0.6 is 0 Å². The van der Waals surface area contributed by atoms with E-state index in [0.29, 0.717) is 22.4 Å². The number of nitrogens with one attached hydrogen (secondary N) is 1. The van der Waals surface area contributed by atoms with Gasteiger partial charge in [-0.05, 0) is 42.3 Å². The van der Waals surface area contributed by atoms with E-state index in [1.54, 1.807) is 43.3 Å². The Morgan fingerprint density at radius 1 is 0.969 bits per heavy atom. The van der Waals surface area contributed by atoms with Crippen molar-refractivity contribution in [3.05, 3.63) is 117 Å². The Hall–Kier alpha value is -4.06. The number of rotatable bonds is 6. The van der Waals surface area contributed by atoms with Crippen LogP contribution in [0, 0.1) is 18.6 Å². The van der Waals surface area contributed by atoms with Crippen LogP contribution in [0.3, 0.4) is 0 Å². The van der Waals surface area contributed by atoms with E-state index in [1.807, 2.05) is 30.3 Å². The number of H-pyrrole nitrogens is 1. The molecule has 32 heavy (non-hydrogen) atoms. The van der Waals surface area contributed by atoms with Crippen LogP contribution in [0.25, 0.3) is 23.3 Å². The third-order valence-electron chi connectivity index (χ3n) is 4.95. The van der Waals surface area contributed by atoms with Crippen molar-refractivity contribution >= 4 is 12.2 Å². The molecule has 0 amide bonds. The zero-order valence-corrected chi connectivity index (χ0v) is 17.3. The number of hydrogen-bond acceptors (Lipinski definition) is 3. The number of aromatic nitrogens is 2. The molecule has 4 nitrogen and oxygen atoms in total. The SMILES string of the molecule is Cc1n[nH]c(=O)c(C=Cc2cccc(F)c2)c1-c1cccc(F)c1OCc1ccccc1. The van der Waals surface area contributed by atoms with E-state index in [0.717, 1.165) is 5.56 Å². The Morgan fingerprint density at radius 2 is 1.75 bits per heavy atom. The van der Waals surface area contributed by atoms with Crippen LogP contribution in [0.15, 0.2) is 77.6 Å². The van der Waals surface area contributed by atoms with E-state index in [-0.39, 0.29) is 23.7 Å². The minimum atomic E-state index is -0.543. The van der Waals surface area contributed by atoms with Crippen molar-refractivity contribution in [2.24, 2.45) is 0 Å². The van der Waals surface area contributed by atoms with Crippen LogP contribution in [0.5, 0.6) is 5.75 Å². The second-order valence-electron chi connectivity index (χ2n) is 7.21. The molecule has 0 saturated carbocycles. The van der Waals surface area contributed by atoms with Gasteiger partial charge in [0.05, 0.1) is 11.3 Å². The molecule has 4 aromatic rings. The smallest absolute Gasteiger partial charge is 0.272 e. The molecule has 0 radical (unpaired) electrons. The maximum absolute atomic E-state index is 14.8. The number of aryl methyl sites for hydroxylation is 1. The van der Waals surface area contributed by atoms with E-state index in [1.165, 1.54) is 18.2 Å². The number of nitrogens with zero attached hydrogens (tertiary/aromatic N) is 1. The van der Waals surface area contributed by atoms with Crippen LogP contribution in [0.2, 0.25) is 0 Å². The minimum absolute atomic E-state index is 0.0345. The average Bonchev–Trinajstić information content (AvgIpc) is 2.79. The van der Waals surface area contributed by atoms with Gasteiger partial charge in [-0.2, -0.15) is 5.10 Å². The van der Waals surface area contributed by atoms with Crippen LogP contribution in [0.1, 0.15) is 22.4 Å². The summed E-state index contributed by atoms with van der Waals surface area (Å²) in [5.41, 5.74) is 2.66. The molecule has 4 rings (SSSR count). The molecule has 0 saturated heterocycles. The fraction of sp³-hybridized carbons (Fsp3) is 0.0769. The summed E-state index contributed by atoms with van der Waals surface area (Å²) in [4.78, 5) is 12.7. The summed E-state index contributed by atoms with van der Waals surface area (Å²) in [5, 5.41) is 6.52. The third-order valence-corrected chi connectivity index (χ3v) is 4.95. The quantitative estimate of drug-likeness (QED) is 0.422. The van der Waals surface area contributed by atoms with Crippen molar-refractivity contribution in [1.82, 2.24) is 10.2 Å². The van der Waals surface area contributed by atoms with Gasteiger partial charge >= 0.3 is 0 Å². The molecule has 3 aromatic carbocycles. The molecule has 1 N–H and O–H groups in total. The number of benzene rings is 3. The lowest BCUT2D eigenvalue weighted by atomic mass is 9.97. The van der Waals surface area contributed by atoms with Crippen molar-refractivity contribution in [1.29, 1.82) is 0 Å². The van der Waals surface area contributed by atoms with Crippen LogP contribution in [-0.2, 0) is 6.61 Å². The maximum Gasteiger partial charge on any atom is 0.272 e. The molecule has 0 aliphatic rings. The highest BCUT2D eigenvalue weighted by molar-refractivity contribution is 5.84. The molecule has 0 aliphatic carbocycles. The Bertz CT molecular complexity index is 1330. The lowest BCUT2D eigenvalue weighted by Crippen LogP contribution is -2.15. The maximum atomic E-state index is 14.8. The van der Waals surface area contributed by atoms with Gasteiger partial charge in [-0.25, -0.2) is 13.9 Å². The highest BCUT2D eigenvalue weighted by Crippen LogP contribution is 2.36. The molecule has 0 spiro atoms. The summed E-state index contributed by atoms with van der Waals surface area (Å²) in [6, 6.07) is 20.0. The first-order valence-corrected chi connectivity index (χ1v) is 10.0. The summed E-state index contributed by atoms with van der Waals surface area (Å²) in [5.74, 6) is -0.889. The van der Waals surface area contributed by atoms with Crippen LogP contribution in [-0.4, -0.2) is 10.2 Å². The average molecular weight is 430 g/mol. The monoisotopic (exact) mass is 430 g/mol. The Kier molecular flexibility index (Phi) is 6.22. The van der Waals surface area contributed by atoms with Crippen LogP contribution in [0.4, 0.5) is 8.78 Å². The molecular formula is C26H20F2N2O2. The Labute approximate surface area is 183 Å². The predicted molar refractivity (Wildman–Crippen MR) is 121 cm³/mol. The van der Waals surface area contributed by atoms with E-state index >= 15 is 0 Å². The Balaban J connectivity index is 1.79. The summed E-state index contributed by atoms with van der Waals surface area (Å²) in [6.07, 6.45) is 3.20. The first kappa shape index (κ1) is 21.2. The molecular weight excluding hydrogens is 410 g/mol. The van der Waals surface area contributed by atoms with Gasteiger partial charge < -0.3 is 4.74 Å². The summed E-state index contributed by atoms with van der Waals surface area (Å²) in [6.45, 7) is 1.88. The second-order valence-corrected chi connectivity index (χ2v) is 7.21. The summed E-state index contributed by atoms with van der Waals surface area (Å²) in [7, 11) is 0. The van der Waals surface area contributed by atoms with Crippen molar-refractivity contribution < 1.29 is 13.5 Å². The fourth-order valence-electron chi connectivity index (χ4n) is 3.43. The molecule has 0 unspecified atom stereocenters. The van der Waals surface area contributed by atoms with Crippen LogP contribution < -0.4 is 10.3 Å². The number of halogens is 2. The summed E-state index contributed by atoms with van der Waals surface area (Å²) >= 11 is 0. The first-order chi connectivity index (χ1) is 15.5. The topological polar surface area (TPSA) is 55.0 Å². The van der Waals surface area contributed by atoms with Gasteiger partial charge in [-0.15, -0.1) is 0 Å². The normalized spacial score (nSPS) is 11.1. The zero-order chi connectivity index (χ0) is 22.5. The van der Waals surface area contributed by atoms with Crippen molar-refractivity contribution in [2.75, 3.05) is 0 Å². The van der Waals surface area contributed by atoms with Crippen molar-refractivity contribution in [2.45, 2.75) is 13.5 Å². The number of hydrogen-bond donors (Lipinski definition) is 1. The third kappa shape index (κ3) is 4.64. The van der Waals surface area contributed by atoms with Gasteiger partial charge in [0, 0.05) is 11.1 Å². The minimum Gasteiger partial charge on any atom is -0.485 e. The van der Waals surface area contributed by atoms with Gasteiger partial charge in [-0.3, -0.25) is 4.79 Å². The van der Waals surface area contributed by atoms with E-state index in [9.17, 15) is 13.6 Å². The van der Waals surface area contributed by atoms with Gasteiger partial charge in [0.15, 0.2) is 11.6 Å². The van der Waals surface area contributed by atoms with E-state index in [4.69, 9.17) is 4.74 Å². The standard InChI is InChI=1S/C26H20F2N2O2/c1-17-24(22(26(31)30-29-17)14-13-18-9-5-10-20(27)15-18)21-11-6-12-23(28)25(21)32-16-19-7-3-2-4-8-19/h2-15H,16H2,1H3,(H,30,31). The first-order valence-electron chi connectivity index (χ1n) is 10.0. The fourth-order valence-corrected chi connectivity index (χ4v) is 3.43. The largest absolute Gasteiger partial charge is 0.485 e.